The summed E-state index contributed by atoms with van der Waals surface area (Å²) in [5.74, 6) is -0.275. The van der Waals surface area contributed by atoms with Gasteiger partial charge in [0.1, 0.15) is 6.04 Å². The molecule has 0 saturated carbocycles. The quantitative estimate of drug-likeness (QED) is 0.679. The minimum atomic E-state index is -0.617. The molecular formula is C27H32ClN3O3. The lowest BCUT2D eigenvalue weighted by Crippen LogP contribution is -2.55. The number of benzene rings is 2. The molecule has 0 spiro atoms. The number of carbonyl (C=O) groups is 3. The number of nitrogens with zero attached hydrogens (tertiary/aromatic N) is 2. The van der Waals surface area contributed by atoms with Crippen molar-refractivity contribution in [2.24, 2.45) is 5.92 Å². The summed E-state index contributed by atoms with van der Waals surface area (Å²) in [7, 11) is 0. The molecule has 1 atom stereocenters. The van der Waals surface area contributed by atoms with Crippen LogP contribution in [0.2, 0.25) is 5.02 Å². The highest BCUT2D eigenvalue weighted by Crippen LogP contribution is 2.25. The summed E-state index contributed by atoms with van der Waals surface area (Å²) < 4.78 is 0. The largest absolute Gasteiger partial charge is 0.342 e. The third-order valence-corrected chi connectivity index (χ3v) is 7.23. The molecule has 4 rings (SSSR count). The van der Waals surface area contributed by atoms with E-state index in [9.17, 15) is 14.4 Å². The van der Waals surface area contributed by atoms with Crippen LogP contribution in [0.3, 0.4) is 0 Å². The fraction of sp³-hybridized carbons (Fsp3) is 0.444. The van der Waals surface area contributed by atoms with Gasteiger partial charge in [0.05, 0.1) is 17.0 Å². The topological polar surface area (TPSA) is 69.7 Å². The molecule has 2 saturated heterocycles. The number of hydrogen-bond acceptors (Lipinski definition) is 3. The second-order valence-corrected chi connectivity index (χ2v) is 9.60. The van der Waals surface area contributed by atoms with Gasteiger partial charge in [0.15, 0.2) is 0 Å². The zero-order valence-electron chi connectivity index (χ0n) is 19.4. The average Bonchev–Trinajstić information content (AvgIpc) is 2.88. The number of nitrogens with one attached hydrogen (secondary N) is 1. The summed E-state index contributed by atoms with van der Waals surface area (Å²) >= 11 is 6.24. The van der Waals surface area contributed by atoms with E-state index in [0.717, 1.165) is 37.9 Å². The van der Waals surface area contributed by atoms with Crippen LogP contribution in [-0.4, -0.2) is 59.7 Å². The Hall–Kier alpha value is -2.86. The fourth-order valence-electron chi connectivity index (χ4n) is 4.92. The summed E-state index contributed by atoms with van der Waals surface area (Å²) in [6, 6.07) is 16.0. The maximum Gasteiger partial charge on any atom is 0.253 e. The summed E-state index contributed by atoms with van der Waals surface area (Å²) in [6.07, 6.45) is 4.83. The number of carbonyl (C=O) groups excluding carboxylic acids is 3. The fourth-order valence-corrected chi connectivity index (χ4v) is 5.14. The summed E-state index contributed by atoms with van der Waals surface area (Å²) in [4.78, 5) is 43.1. The van der Waals surface area contributed by atoms with E-state index in [1.807, 2.05) is 40.1 Å². The highest BCUT2D eigenvalue weighted by molar-refractivity contribution is 6.33. The van der Waals surface area contributed by atoms with Gasteiger partial charge in [0.25, 0.3) is 5.91 Å². The summed E-state index contributed by atoms with van der Waals surface area (Å²) in [5.41, 5.74) is 1.37. The molecule has 2 heterocycles. The predicted molar refractivity (Wildman–Crippen MR) is 133 cm³/mol. The molecule has 2 fully saturated rings. The molecule has 180 valence electrons. The van der Waals surface area contributed by atoms with Crippen molar-refractivity contribution in [3.8, 4) is 0 Å². The van der Waals surface area contributed by atoms with Crippen molar-refractivity contribution in [3.63, 3.8) is 0 Å². The van der Waals surface area contributed by atoms with Gasteiger partial charge in [-0.25, -0.2) is 0 Å². The molecule has 3 amide bonds. The SMILES string of the molecule is O=C(NC(C(=O)N1CCCCC1)C1CCN(C(=O)Cc2ccccc2)CC1)c1ccccc1Cl. The van der Waals surface area contributed by atoms with Crippen LogP contribution in [0.4, 0.5) is 0 Å². The van der Waals surface area contributed by atoms with Crippen LogP contribution in [0.15, 0.2) is 54.6 Å². The van der Waals surface area contributed by atoms with Crippen molar-refractivity contribution in [3.05, 3.63) is 70.7 Å². The van der Waals surface area contributed by atoms with Gasteiger partial charge >= 0.3 is 0 Å². The Morgan fingerprint density at radius 1 is 0.853 bits per heavy atom. The molecule has 2 aromatic carbocycles. The van der Waals surface area contributed by atoms with Crippen LogP contribution >= 0.6 is 11.6 Å². The van der Waals surface area contributed by atoms with E-state index in [0.29, 0.717) is 42.9 Å². The maximum absolute atomic E-state index is 13.5. The van der Waals surface area contributed by atoms with E-state index in [-0.39, 0.29) is 23.6 Å². The smallest absolute Gasteiger partial charge is 0.253 e. The zero-order valence-corrected chi connectivity index (χ0v) is 20.2. The number of rotatable bonds is 6. The molecule has 2 aromatic rings. The van der Waals surface area contributed by atoms with E-state index in [1.54, 1.807) is 24.3 Å². The number of halogens is 1. The first-order valence-corrected chi connectivity index (χ1v) is 12.6. The van der Waals surface area contributed by atoms with Crippen molar-refractivity contribution >= 4 is 29.3 Å². The summed E-state index contributed by atoms with van der Waals surface area (Å²) in [6.45, 7) is 2.63. The van der Waals surface area contributed by atoms with Crippen LogP contribution < -0.4 is 5.32 Å². The average molecular weight is 482 g/mol. The normalized spacial score (nSPS) is 17.8. The molecule has 0 radical (unpaired) electrons. The molecule has 2 aliphatic rings. The third-order valence-electron chi connectivity index (χ3n) is 6.90. The van der Waals surface area contributed by atoms with Crippen molar-refractivity contribution in [1.29, 1.82) is 0 Å². The third kappa shape index (κ3) is 5.98. The lowest BCUT2D eigenvalue weighted by molar-refractivity contribution is -0.136. The van der Waals surface area contributed by atoms with Gasteiger partial charge in [0, 0.05) is 26.2 Å². The molecule has 34 heavy (non-hydrogen) atoms. The van der Waals surface area contributed by atoms with Crippen molar-refractivity contribution in [2.75, 3.05) is 26.2 Å². The van der Waals surface area contributed by atoms with Crippen molar-refractivity contribution < 1.29 is 14.4 Å². The number of likely N-dealkylation sites (tertiary alicyclic amines) is 2. The minimum absolute atomic E-state index is 0.0193. The lowest BCUT2D eigenvalue weighted by atomic mass is 9.87. The second kappa shape index (κ2) is 11.5. The van der Waals surface area contributed by atoms with E-state index < -0.39 is 6.04 Å². The highest BCUT2D eigenvalue weighted by Gasteiger charge is 2.36. The molecule has 0 aromatic heterocycles. The van der Waals surface area contributed by atoms with E-state index >= 15 is 0 Å². The molecule has 2 aliphatic heterocycles. The molecule has 0 bridgehead atoms. The molecule has 1 N–H and O–H groups in total. The lowest BCUT2D eigenvalue weighted by Gasteiger charge is -2.38. The highest BCUT2D eigenvalue weighted by atomic mass is 35.5. The Morgan fingerprint density at radius 3 is 2.18 bits per heavy atom. The Kier molecular flexibility index (Phi) is 8.22. The zero-order chi connectivity index (χ0) is 23.9. The summed E-state index contributed by atoms with van der Waals surface area (Å²) in [5, 5.41) is 3.37. The van der Waals surface area contributed by atoms with Gasteiger partial charge < -0.3 is 15.1 Å². The van der Waals surface area contributed by atoms with Gasteiger partial charge in [0.2, 0.25) is 11.8 Å². The van der Waals surface area contributed by atoms with E-state index in [2.05, 4.69) is 5.32 Å². The van der Waals surface area contributed by atoms with Gasteiger partial charge in [-0.1, -0.05) is 54.1 Å². The standard InChI is InChI=1S/C27H32ClN3O3/c28-23-12-6-5-11-22(23)26(33)29-25(27(34)31-15-7-2-8-16-31)21-13-17-30(18-14-21)24(32)19-20-9-3-1-4-10-20/h1,3-6,9-12,21,25H,2,7-8,13-19H2,(H,29,33). The Bertz CT molecular complexity index is 999. The van der Waals surface area contributed by atoms with Gasteiger partial charge in [-0.3, -0.25) is 14.4 Å². The maximum atomic E-state index is 13.5. The van der Waals surface area contributed by atoms with Crippen LogP contribution in [0.5, 0.6) is 0 Å². The number of piperidine rings is 2. The molecule has 0 aliphatic carbocycles. The number of hydrogen-bond donors (Lipinski definition) is 1. The first kappa shape index (κ1) is 24.3. The number of amides is 3. The van der Waals surface area contributed by atoms with Crippen LogP contribution in [-0.2, 0) is 16.0 Å². The van der Waals surface area contributed by atoms with Gasteiger partial charge in [-0.05, 0) is 55.7 Å². The first-order valence-electron chi connectivity index (χ1n) is 12.2. The van der Waals surface area contributed by atoms with E-state index in [1.165, 1.54) is 0 Å². The Morgan fingerprint density at radius 2 is 1.50 bits per heavy atom. The van der Waals surface area contributed by atoms with Crippen molar-refractivity contribution in [2.45, 2.75) is 44.6 Å². The first-order chi connectivity index (χ1) is 16.5. The van der Waals surface area contributed by atoms with Crippen molar-refractivity contribution in [1.82, 2.24) is 15.1 Å². The van der Waals surface area contributed by atoms with E-state index in [4.69, 9.17) is 11.6 Å². The molecule has 1 unspecified atom stereocenters. The van der Waals surface area contributed by atoms with Gasteiger partial charge in [-0.15, -0.1) is 0 Å². The van der Waals surface area contributed by atoms with Crippen LogP contribution in [0.1, 0.15) is 48.0 Å². The second-order valence-electron chi connectivity index (χ2n) is 9.20. The van der Waals surface area contributed by atoms with Crippen LogP contribution in [0.25, 0.3) is 0 Å². The van der Waals surface area contributed by atoms with Gasteiger partial charge in [-0.2, -0.15) is 0 Å². The monoisotopic (exact) mass is 481 g/mol. The van der Waals surface area contributed by atoms with Crippen LogP contribution in [0, 0.1) is 5.92 Å². The Balaban J connectivity index is 1.43. The minimum Gasteiger partial charge on any atom is -0.342 e. The molecular weight excluding hydrogens is 450 g/mol. The molecule has 7 heteroatoms. The molecule has 6 nitrogen and oxygen atoms in total. The Labute approximate surface area is 206 Å². The predicted octanol–water partition coefficient (Wildman–Crippen LogP) is 3.93.